The summed E-state index contributed by atoms with van der Waals surface area (Å²) in [5.74, 6) is 2.97. The van der Waals surface area contributed by atoms with Crippen LogP contribution in [0, 0.1) is 0 Å². The fourth-order valence-corrected chi connectivity index (χ4v) is 3.53. The summed E-state index contributed by atoms with van der Waals surface area (Å²) in [6.45, 7) is 6.62. The Balaban J connectivity index is 1.63. The normalized spacial score (nSPS) is 31.2. The molecule has 100 valence electrons. The molecule has 0 amide bonds. The van der Waals surface area contributed by atoms with Gasteiger partial charge < -0.3 is 9.84 Å². The first-order valence-corrected chi connectivity index (χ1v) is 7.72. The van der Waals surface area contributed by atoms with E-state index in [0.29, 0.717) is 18.0 Å². The molecule has 5 heteroatoms. The van der Waals surface area contributed by atoms with Crippen molar-refractivity contribution in [2.45, 2.75) is 68.5 Å². The van der Waals surface area contributed by atoms with Gasteiger partial charge in [-0.25, -0.2) is 0 Å². The number of rotatable bonds is 3. The van der Waals surface area contributed by atoms with Crippen molar-refractivity contribution < 1.29 is 4.52 Å². The topological polar surface area (TPSA) is 51.0 Å². The molecule has 3 atom stereocenters. The second-order valence-electron chi connectivity index (χ2n) is 6.34. The first-order valence-electron chi connectivity index (χ1n) is 6.74. The average molecular weight is 267 g/mol. The van der Waals surface area contributed by atoms with E-state index in [1.54, 1.807) is 0 Å². The zero-order valence-corrected chi connectivity index (χ0v) is 12.1. The lowest BCUT2D eigenvalue weighted by molar-refractivity contribution is 0.327. The Bertz CT molecular complexity index is 426. The van der Waals surface area contributed by atoms with Crippen molar-refractivity contribution in [3.05, 3.63) is 11.7 Å². The minimum atomic E-state index is 0.245. The van der Waals surface area contributed by atoms with Crippen LogP contribution < -0.4 is 5.32 Å². The van der Waals surface area contributed by atoms with Gasteiger partial charge in [-0.2, -0.15) is 4.98 Å². The third kappa shape index (κ3) is 2.57. The van der Waals surface area contributed by atoms with Crippen molar-refractivity contribution in [3.8, 4) is 0 Å². The highest BCUT2D eigenvalue weighted by atomic mass is 32.2. The highest BCUT2D eigenvalue weighted by molar-refractivity contribution is 7.99. The quantitative estimate of drug-likeness (QED) is 0.912. The standard InChI is InChI=1S/C13H21N3OS/c1-13(2,3)18-7-11-15-12(17-16-11)9-6-8-4-5-10(9)14-8/h8-10,14H,4-7H2,1-3H3. The van der Waals surface area contributed by atoms with E-state index in [2.05, 4.69) is 36.2 Å². The molecule has 3 rings (SSSR count). The molecular formula is C13H21N3OS. The van der Waals surface area contributed by atoms with Gasteiger partial charge in [0.15, 0.2) is 5.82 Å². The molecule has 0 spiro atoms. The molecular weight excluding hydrogens is 246 g/mol. The van der Waals surface area contributed by atoms with Crippen molar-refractivity contribution in [2.24, 2.45) is 0 Å². The van der Waals surface area contributed by atoms with E-state index in [1.165, 1.54) is 19.3 Å². The number of nitrogens with zero attached hydrogens (tertiary/aromatic N) is 2. The van der Waals surface area contributed by atoms with Gasteiger partial charge in [0.1, 0.15) is 0 Å². The largest absolute Gasteiger partial charge is 0.339 e. The third-order valence-electron chi connectivity index (χ3n) is 3.74. The van der Waals surface area contributed by atoms with Crippen molar-refractivity contribution in [1.29, 1.82) is 0 Å². The van der Waals surface area contributed by atoms with E-state index in [-0.39, 0.29) is 4.75 Å². The van der Waals surface area contributed by atoms with E-state index in [9.17, 15) is 0 Å². The van der Waals surface area contributed by atoms with E-state index >= 15 is 0 Å². The fraction of sp³-hybridized carbons (Fsp3) is 0.846. The summed E-state index contributed by atoms with van der Waals surface area (Å²) in [6, 6.07) is 1.25. The molecule has 2 fully saturated rings. The number of thioether (sulfide) groups is 1. The number of hydrogen-bond acceptors (Lipinski definition) is 5. The second-order valence-corrected chi connectivity index (χ2v) is 8.14. The fourth-order valence-electron chi connectivity index (χ4n) is 2.85. The maximum atomic E-state index is 5.45. The monoisotopic (exact) mass is 267 g/mol. The van der Waals surface area contributed by atoms with Gasteiger partial charge in [-0.05, 0) is 19.3 Å². The maximum Gasteiger partial charge on any atom is 0.231 e. The Labute approximate surface area is 112 Å². The predicted molar refractivity (Wildman–Crippen MR) is 72.6 cm³/mol. The lowest BCUT2D eigenvalue weighted by Gasteiger charge is -2.16. The third-order valence-corrected chi connectivity index (χ3v) is 5.00. The molecule has 2 aliphatic rings. The Kier molecular flexibility index (Phi) is 3.14. The van der Waals surface area contributed by atoms with Crippen LogP contribution in [-0.4, -0.2) is 27.0 Å². The first kappa shape index (κ1) is 12.5. The molecule has 4 nitrogen and oxygen atoms in total. The van der Waals surface area contributed by atoms with Crippen molar-refractivity contribution in [1.82, 2.24) is 15.5 Å². The SMILES string of the molecule is CC(C)(C)SCc1noc(C2CC3CCC2N3)n1. The zero-order chi connectivity index (χ0) is 12.8. The van der Waals surface area contributed by atoms with Crippen LogP contribution >= 0.6 is 11.8 Å². The Morgan fingerprint density at radius 1 is 1.39 bits per heavy atom. The summed E-state index contributed by atoms with van der Waals surface area (Å²) >= 11 is 1.86. The van der Waals surface area contributed by atoms with Crippen LogP contribution in [0.4, 0.5) is 0 Å². The first-order chi connectivity index (χ1) is 8.51. The summed E-state index contributed by atoms with van der Waals surface area (Å²) in [7, 11) is 0. The Morgan fingerprint density at radius 3 is 2.83 bits per heavy atom. The molecule has 0 aromatic carbocycles. The van der Waals surface area contributed by atoms with Crippen LogP contribution in [0.5, 0.6) is 0 Å². The number of aromatic nitrogens is 2. The molecule has 2 bridgehead atoms. The van der Waals surface area contributed by atoms with Crippen LogP contribution in [-0.2, 0) is 5.75 Å². The second kappa shape index (κ2) is 4.53. The minimum Gasteiger partial charge on any atom is -0.339 e. The van der Waals surface area contributed by atoms with E-state index in [0.717, 1.165) is 17.5 Å². The molecule has 2 aliphatic heterocycles. The summed E-state index contributed by atoms with van der Waals surface area (Å²) in [6.07, 6.45) is 3.73. The molecule has 0 radical (unpaired) electrons. The van der Waals surface area contributed by atoms with Gasteiger partial charge in [-0.15, -0.1) is 11.8 Å². The lowest BCUT2D eigenvalue weighted by atomic mass is 9.89. The van der Waals surface area contributed by atoms with Crippen LogP contribution in [0.2, 0.25) is 0 Å². The molecule has 0 saturated carbocycles. The molecule has 1 aromatic heterocycles. The van der Waals surface area contributed by atoms with Gasteiger partial charge in [-0.1, -0.05) is 25.9 Å². The molecule has 2 saturated heterocycles. The molecule has 3 heterocycles. The van der Waals surface area contributed by atoms with Crippen LogP contribution in [0.3, 0.4) is 0 Å². The lowest BCUT2D eigenvalue weighted by Crippen LogP contribution is -2.21. The van der Waals surface area contributed by atoms with Gasteiger partial charge in [-0.3, -0.25) is 0 Å². The van der Waals surface area contributed by atoms with Gasteiger partial charge in [0, 0.05) is 16.8 Å². The Hall–Kier alpha value is -0.550. The number of nitrogens with one attached hydrogen (secondary N) is 1. The van der Waals surface area contributed by atoms with Crippen LogP contribution in [0.15, 0.2) is 4.52 Å². The van der Waals surface area contributed by atoms with Gasteiger partial charge in [0.25, 0.3) is 0 Å². The van der Waals surface area contributed by atoms with Crippen molar-refractivity contribution in [3.63, 3.8) is 0 Å². The average Bonchev–Trinajstić information content (AvgIpc) is 3.01. The van der Waals surface area contributed by atoms with Crippen LogP contribution in [0.25, 0.3) is 0 Å². The number of hydrogen-bond donors (Lipinski definition) is 1. The summed E-state index contributed by atoms with van der Waals surface area (Å²) in [4.78, 5) is 4.58. The Morgan fingerprint density at radius 2 is 2.22 bits per heavy atom. The van der Waals surface area contributed by atoms with Crippen LogP contribution in [0.1, 0.15) is 57.7 Å². The van der Waals surface area contributed by atoms with E-state index in [4.69, 9.17) is 4.52 Å². The maximum absolute atomic E-state index is 5.45. The molecule has 0 aliphatic carbocycles. The summed E-state index contributed by atoms with van der Waals surface area (Å²) in [5, 5.41) is 7.72. The molecule has 1 N–H and O–H groups in total. The smallest absolute Gasteiger partial charge is 0.231 e. The summed E-state index contributed by atoms with van der Waals surface area (Å²) in [5.41, 5.74) is 0. The van der Waals surface area contributed by atoms with Crippen molar-refractivity contribution >= 4 is 11.8 Å². The van der Waals surface area contributed by atoms with Gasteiger partial charge in [0.2, 0.25) is 5.89 Å². The zero-order valence-electron chi connectivity index (χ0n) is 11.3. The minimum absolute atomic E-state index is 0.245. The molecule has 1 aromatic rings. The number of fused-ring (bicyclic) bond motifs is 2. The highest BCUT2D eigenvalue weighted by Crippen LogP contribution is 2.39. The highest BCUT2D eigenvalue weighted by Gasteiger charge is 2.42. The predicted octanol–water partition coefficient (Wildman–Crippen LogP) is 2.71. The molecule has 18 heavy (non-hydrogen) atoms. The van der Waals surface area contributed by atoms with E-state index < -0.39 is 0 Å². The van der Waals surface area contributed by atoms with Crippen molar-refractivity contribution in [2.75, 3.05) is 0 Å². The summed E-state index contributed by atoms with van der Waals surface area (Å²) < 4.78 is 5.70. The molecule has 3 unspecified atom stereocenters. The van der Waals surface area contributed by atoms with Gasteiger partial charge in [0.05, 0.1) is 11.7 Å². The van der Waals surface area contributed by atoms with Gasteiger partial charge >= 0.3 is 0 Å². The van der Waals surface area contributed by atoms with E-state index in [1.807, 2.05) is 11.8 Å².